The zero-order valence-electron chi connectivity index (χ0n) is 12.5. The van der Waals surface area contributed by atoms with Gasteiger partial charge in [-0.1, -0.05) is 18.2 Å². The summed E-state index contributed by atoms with van der Waals surface area (Å²) in [5.74, 6) is 0.418. The lowest BCUT2D eigenvalue weighted by atomic mass is 9.89. The summed E-state index contributed by atoms with van der Waals surface area (Å²) in [4.78, 5) is 0. The molecule has 1 aromatic carbocycles. The Bertz CT molecular complexity index is 577. The summed E-state index contributed by atoms with van der Waals surface area (Å²) in [6.45, 7) is 1.32. The number of benzene rings is 1. The first kappa shape index (κ1) is 17.2. The van der Waals surface area contributed by atoms with Crippen LogP contribution < -0.4 is 5.32 Å². The van der Waals surface area contributed by atoms with Gasteiger partial charge < -0.3 is 5.32 Å². The minimum absolute atomic E-state index is 0.280. The number of hydrogen-bond donors (Lipinski definition) is 1. The van der Waals surface area contributed by atoms with Crippen molar-refractivity contribution >= 4 is 32.6 Å². The van der Waals surface area contributed by atoms with Gasteiger partial charge >= 0.3 is 0 Å². The molecule has 1 fully saturated rings. The normalized spacial score (nSPS) is 22.1. The molecule has 0 spiro atoms. The Morgan fingerprint density at radius 3 is 2.76 bits per heavy atom. The summed E-state index contributed by atoms with van der Waals surface area (Å²) in [5, 5.41) is 3.39. The van der Waals surface area contributed by atoms with Gasteiger partial charge in [-0.2, -0.15) is 0 Å². The Hall–Kier alpha value is -0.180. The summed E-state index contributed by atoms with van der Waals surface area (Å²) < 4.78 is 26.3. The van der Waals surface area contributed by atoms with Crippen molar-refractivity contribution in [1.29, 1.82) is 0 Å². The average Bonchev–Trinajstić information content (AvgIpc) is 2.45. The fourth-order valence-corrected chi connectivity index (χ4v) is 4.72. The van der Waals surface area contributed by atoms with Crippen molar-refractivity contribution in [3.63, 3.8) is 0 Å². The predicted octanol–water partition coefficient (Wildman–Crippen LogP) is 2.61. The third-order valence-electron chi connectivity index (χ3n) is 4.15. The van der Waals surface area contributed by atoms with E-state index in [0.717, 1.165) is 19.3 Å². The second kappa shape index (κ2) is 7.39. The van der Waals surface area contributed by atoms with Gasteiger partial charge in [-0.15, -0.1) is 0 Å². The highest BCUT2D eigenvalue weighted by molar-refractivity contribution is 14.1. The van der Waals surface area contributed by atoms with Crippen LogP contribution in [0.25, 0.3) is 0 Å². The van der Waals surface area contributed by atoms with Crippen molar-refractivity contribution in [2.45, 2.75) is 25.3 Å². The molecule has 0 radical (unpaired) electrons. The van der Waals surface area contributed by atoms with Crippen LogP contribution in [0.5, 0.6) is 0 Å². The van der Waals surface area contributed by atoms with Gasteiger partial charge in [0.25, 0.3) is 0 Å². The van der Waals surface area contributed by atoms with Crippen molar-refractivity contribution in [1.82, 2.24) is 9.62 Å². The molecule has 1 saturated heterocycles. The van der Waals surface area contributed by atoms with Crippen LogP contribution in [-0.2, 0) is 10.0 Å². The summed E-state index contributed by atoms with van der Waals surface area (Å²) >= 11 is 2.36. The molecule has 1 heterocycles. The van der Waals surface area contributed by atoms with Crippen molar-refractivity contribution in [2.24, 2.45) is 5.92 Å². The van der Waals surface area contributed by atoms with Crippen LogP contribution in [0, 0.1) is 9.49 Å². The second-order valence-electron chi connectivity index (χ2n) is 5.73. The predicted molar refractivity (Wildman–Crippen MR) is 94.7 cm³/mol. The maximum atomic E-state index is 11.7. The molecule has 0 aromatic heterocycles. The number of piperidine rings is 1. The summed E-state index contributed by atoms with van der Waals surface area (Å²) in [6, 6.07) is 8.65. The summed E-state index contributed by atoms with van der Waals surface area (Å²) in [6.07, 6.45) is 4.35. The first-order chi connectivity index (χ1) is 9.91. The molecule has 4 nitrogen and oxygen atoms in total. The largest absolute Gasteiger partial charge is 0.313 e. The van der Waals surface area contributed by atoms with E-state index in [9.17, 15) is 8.42 Å². The Labute approximate surface area is 141 Å². The van der Waals surface area contributed by atoms with E-state index in [1.54, 1.807) is 4.31 Å². The molecule has 1 N–H and O–H groups in total. The maximum Gasteiger partial charge on any atom is 0.211 e. The Morgan fingerprint density at radius 2 is 2.14 bits per heavy atom. The summed E-state index contributed by atoms with van der Waals surface area (Å²) in [5.41, 5.74) is 1.30. The van der Waals surface area contributed by atoms with E-state index in [0.29, 0.717) is 19.0 Å². The van der Waals surface area contributed by atoms with Crippen LogP contribution in [0.4, 0.5) is 0 Å². The van der Waals surface area contributed by atoms with Crippen LogP contribution in [-0.4, -0.2) is 39.1 Å². The van der Waals surface area contributed by atoms with Gasteiger partial charge in [-0.05, 0) is 66.4 Å². The number of sulfonamides is 1. The lowest BCUT2D eigenvalue weighted by Crippen LogP contribution is -2.40. The highest BCUT2D eigenvalue weighted by Crippen LogP contribution is 2.30. The standard InChI is InChI=1S/C15H23IN2O2S/c1-17-15(13-7-3-4-8-14(13)16)10-12-6-5-9-18(11-12)21(2,19)20/h3-4,7-8,12,15,17H,5-6,9-11H2,1-2H3. The molecular weight excluding hydrogens is 399 g/mol. The molecule has 1 aliphatic rings. The van der Waals surface area contributed by atoms with Crippen molar-refractivity contribution in [2.75, 3.05) is 26.4 Å². The topological polar surface area (TPSA) is 49.4 Å². The molecule has 118 valence electrons. The molecule has 0 saturated carbocycles. The van der Waals surface area contributed by atoms with Gasteiger partial charge in [0.05, 0.1) is 6.26 Å². The fraction of sp³-hybridized carbons (Fsp3) is 0.600. The molecule has 1 aromatic rings. The second-order valence-corrected chi connectivity index (χ2v) is 8.87. The minimum atomic E-state index is -3.06. The molecular formula is C15H23IN2O2S. The third-order valence-corrected chi connectivity index (χ3v) is 6.40. The highest BCUT2D eigenvalue weighted by atomic mass is 127. The zero-order chi connectivity index (χ0) is 15.5. The van der Waals surface area contributed by atoms with E-state index in [1.165, 1.54) is 15.4 Å². The maximum absolute atomic E-state index is 11.7. The van der Waals surface area contributed by atoms with Crippen LogP contribution in [0.15, 0.2) is 24.3 Å². The third kappa shape index (κ3) is 4.64. The van der Waals surface area contributed by atoms with Crippen molar-refractivity contribution in [3.05, 3.63) is 33.4 Å². The smallest absolute Gasteiger partial charge is 0.211 e. The molecule has 0 amide bonds. The lowest BCUT2D eigenvalue weighted by Gasteiger charge is -2.33. The number of hydrogen-bond acceptors (Lipinski definition) is 3. The molecule has 1 aliphatic heterocycles. The van der Waals surface area contributed by atoms with E-state index in [-0.39, 0.29) is 6.04 Å². The molecule has 2 unspecified atom stereocenters. The van der Waals surface area contributed by atoms with Gasteiger partial charge in [0.2, 0.25) is 10.0 Å². The Kier molecular flexibility index (Phi) is 6.05. The highest BCUT2D eigenvalue weighted by Gasteiger charge is 2.28. The average molecular weight is 422 g/mol. The number of rotatable bonds is 5. The van der Waals surface area contributed by atoms with Gasteiger partial charge in [0.1, 0.15) is 0 Å². The lowest BCUT2D eigenvalue weighted by molar-refractivity contribution is 0.240. The van der Waals surface area contributed by atoms with E-state index in [1.807, 2.05) is 13.1 Å². The number of halogens is 1. The molecule has 2 atom stereocenters. The number of nitrogens with one attached hydrogen (secondary N) is 1. The Morgan fingerprint density at radius 1 is 1.43 bits per heavy atom. The zero-order valence-corrected chi connectivity index (χ0v) is 15.5. The summed E-state index contributed by atoms with van der Waals surface area (Å²) in [7, 11) is -1.09. The first-order valence-corrected chi connectivity index (χ1v) is 10.2. The van der Waals surface area contributed by atoms with Crippen LogP contribution in [0.2, 0.25) is 0 Å². The van der Waals surface area contributed by atoms with E-state index >= 15 is 0 Å². The van der Waals surface area contributed by atoms with Crippen LogP contribution >= 0.6 is 22.6 Å². The fourth-order valence-electron chi connectivity index (χ4n) is 3.01. The van der Waals surface area contributed by atoms with Crippen molar-refractivity contribution < 1.29 is 8.42 Å². The van der Waals surface area contributed by atoms with Gasteiger partial charge in [-0.25, -0.2) is 12.7 Å². The van der Waals surface area contributed by atoms with Crippen LogP contribution in [0.3, 0.4) is 0 Å². The first-order valence-electron chi connectivity index (χ1n) is 7.28. The van der Waals surface area contributed by atoms with Gasteiger partial charge in [-0.3, -0.25) is 0 Å². The minimum Gasteiger partial charge on any atom is -0.313 e. The quantitative estimate of drug-likeness (QED) is 0.743. The molecule has 0 aliphatic carbocycles. The monoisotopic (exact) mass is 422 g/mol. The SMILES string of the molecule is CNC(CC1CCCN(S(C)(=O)=O)C1)c1ccccc1I. The molecule has 6 heteroatoms. The number of nitrogens with zero attached hydrogens (tertiary/aromatic N) is 1. The molecule has 2 rings (SSSR count). The Balaban J connectivity index is 2.07. The van der Waals surface area contributed by atoms with Gasteiger partial charge in [0.15, 0.2) is 0 Å². The van der Waals surface area contributed by atoms with E-state index in [4.69, 9.17) is 0 Å². The van der Waals surface area contributed by atoms with Gasteiger partial charge in [0, 0.05) is 22.7 Å². The van der Waals surface area contributed by atoms with Crippen LogP contribution in [0.1, 0.15) is 30.9 Å². The van der Waals surface area contributed by atoms with E-state index < -0.39 is 10.0 Å². The molecule has 0 bridgehead atoms. The van der Waals surface area contributed by atoms with E-state index in [2.05, 4.69) is 46.1 Å². The molecule has 21 heavy (non-hydrogen) atoms. The van der Waals surface area contributed by atoms with Crippen molar-refractivity contribution in [3.8, 4) is 0 Å².